The van der Waals surface area contributed by atoms with Crippen molar-refractivity contribution >= 4 is 67.2 Å². The minimum atomic E-state index is -1.01. The molecule has 11 heteroatoms. The predicted molar refractivity (Wildman–Crippen MR) is 120 cm³/mol. The molecule has 1 aliphatic heterocycles. The van der Waals surface area contributed by atoms with Crippen LogP contribution in [0.25, 0.3) is 6.08 Å². The first kappa shape index (κ1) is 22.4. The number of barbiturate groups is 1. The van der Waals surface area contributed by atoms with Crippen LogP contribution in [0, 0.1) is 10.1 Å². The van der Waals surface area contributed by atoms with Gasteiger partial charge in [0.05, 0.1) is 15.1 Å². The van der Waals surface area contributed by atoms with Gasteiger partial charge in [-0.2, -0.15) is 0 Å². The van der Waals surface area contributed by atoms with Gasteiger partial charge in [0.2, 0.25) is 0 Å². The number of hydrogen-bond donors (Lipinski definition) is 1. The zero-order chi connectivity index (χ0) is 22.7. The van der Waals surface area contributed by atoms with Crippen LogP contribution in [0.3, 0.4) is 0 Å². The Morgan fingerprint density at radius 3 is 2.61 bits per heavy atom. The largest absolute Gasteiger partial charge is 0.488 e. The number of carbonyl (C=O) groups is 3. The van der Waals surface area contributed by atoms with E-state index in [2.05, 4.69) is 43.8 Å². The van der Waals surface area contributed by atoms with Crippen molar-refractivity contribution in [3.63, 3.8) is 0 Å². The second-order valence-corrected chi connectivity index (χ2v) is 7.91. The molecule has 1 saturated heterocycles. The summed E-state index contributed by atoms with van der Waals surface area (Å²) in [5.74, 6) is -1.47. The maximum atomic E-state index is 13.1. The highest BCUT2D eigenvalue weighted by atomic mass is 79.9. The van der Waals surface area contributed by atoms with Gasteiger partial charge < -0.3 is 4.74 Å². The third kappa shape index (κ3) is 4.72. The molecular weight excluding hydrogens is 538 g/mol. The molecule has 158 valence electrons. The molecule has 1 fully saturated rings. The van der Waals surface area contributed by atoms with Crippen molar-refractivity contribution in [2.45, 2.75) is 0 Å². The van der Waals surface area contributed by atoms with Gasteiger partial charge in [0.25, 0.3) is 17.5 Å². The van der Waals surface area contributed by atoms with Crippen molar-refractivity contribution in [2.24, 2.45) is 0 Å². The number of nitro groups is 1. The van der Waals surface area contributed by atoms with Gasteiger partial charge in [0, 0.05) is 22.2 Å². The second kappa shape index (κ2) is 9.23. The third-order valence-electron chi connectivity index (χ3n) is 4.08. The molecule has 0 aromatic heterocycles. The highest BCUT2D eigenvalue weighted by Gasteiger charge is 2.37. The van der Waals surface area contributed by atoms with E-state index >= 15 is 0 Å². The molecule has 9 nitrogen and oxygen atoms in total. The Hall–Kier alpha value is -3.31. The number of rotatable bonds is 6. The van der Waals surface area contributed by atoms with E-state index in [4.69, 9.17) is 4.74 Å². The van der Waals surface area contributed by atoms with Crippen molar-refractivity contribution in [1.82, 2.24) is 5.32 Å². The Balaban J connectivity index is 2.09. The first-order chi connectivity index (χ1) is 14.7. The summed E-state index contributed by atoms with van der Waals surface area (Å²) in [6, 6.07) is 7.32. The molecular formula is C20H13Br2N3O6. The van der Waals surface area contributed by atoms with Gasteiger partial charge in [-0.15, -0.1) is 0 Å². The zero-order valence-electron chi connectivity index (χ0n) is 15.6. The highest BCUT2D eigenvalue weighted by Crippen LogP contribution is 2.35. The fourth-order valence-electron chi connectivity index (χ4n) is 2.78. The first-order valence-electron chi connectivity index (χ1n) is 8.61. The van der Waals surface area contributed by atoms with E-state index in [1.165, 1.54) is 30.4 Å². The van der Waals surface area contributed by atoms with Crippen molar-refractivity contribution in [2.75, 3.05) is 11.5 Å². The van der Waals surface area contributed by atoms with Crippen LogP contribution in [0.5, 0.6) is 5.75 Å². The predicted octanol–water partition coefficient (Wildman–Crippen LogP) is 4.35. The minimum Gasteiger partial charge on any atom is -0.488 e. The van der Waals surface area contributed by atoms with Gasteiger partial charge in [-0.25, -0.2) is 9.69 Å². The van der Waals surface area contributed by atoms with Crippen LogP contribution in [0.1, 0.15) is 5.56 Å². The van der Waals surface area contributed by atoms with E-state index in [1.54, 1.807) is 12.1 Å². The van der Waals surface area contributed by atoms with E-state index in [9.17, 15) is 24.5 Å². The van der Waals surface area contributed by atoms with Gasteiger partial charge in [-0.1, -0.05) is 34.7 Å². The first-order valence-corrected chi connectivity index (χ1v) is 10.2. The molecule has 0 unspecified atom stereocenters. The van der Waals surface area contributed by atoms with E-state index < -0.39 is 22.8 Å². The minimum absolute atomic E-state index is 0.0475. The monoisotopic (exact) mass is 549 g/mol. The summed E-state index contributed by atoms with van der Waals surface area (Å²) in [6.07, 6.45) is 2.81. The number of urea groups is 1. The lowest BCUT2D eigenvalue weighted by atomic mass is 10.1. The van der Waals surface area contributed by atoms with E-state index in [0.29, 0.717) is 25.2 Å². The number of non-ortho nitro benzene ring substituents is 1. The number of halogens is 2. The Morgan fingerprint density at radius 1 is 1.19 bits per heavy atom. The fraction of sp³-hybridized carbons (Fsp3) is 0.0500. The quantitative estimate of drug-likeness (QED) is 0.188. The van der Waals surface area contributed by atoms with Crippen LogP contribution in [0.15, 0.2) is 63.6 Å². The van der Waals surface area contributed by atoms with Crippen molar-refractivity contribution < 1.29 is 24.0 Å². The smallest absolute Gasteiger partial charge is 0.335 e. The van der Waals surface area contributed by atoms with E-state index in [-0.39, 0.29) is 23.6 Å². The number of imide groups is 2. The molecule has 3 rings (SSSR count). The number of nitrogens with zero attached hydrogens (tertiary/aromatic N) is 2. The average Bonchev–Trinajstić information content (AvgIpc) is 2.70. The summed E-state index contributed by atoms with van der Waals surface area (Å²) in [7, 11) is 0. The Kier molecular flexibility index (Phi) is 6.66. The molecule has 1 N–H and O–H groups in total. The molecule has 0 atom stereocenters. The molecule has 1 heterocycles. The van der Waals surface area contributed by atoms with Gasteiger partial charge in [-0.3, -0.25) is 25.0 Å². The standard InChI is InChI=1S/C20H13Br2N3O6/c1-2-6-31-17-11(7-12(21)9-16(17)22)8-15-18(26)23-20(28)24(19(15)27)13-4-3-5-14(10-13)25(29)30/h2-5,7-10H,1,6H2,(H,23,26,28)/b15-8+. The molecule has 2 aromatic rings. The number of nitrogens with one attached hydrogen (secondary N) is 1. The lowest BCUT2D eigenvalue weighted by molar-refractivity contribution is -0.384. The highest BCUT2D eigenvalue weighted by molar-refractivity contribution is 9.11. The van der Waals surface area contributed by atoms with Gasteiger partial charge >= 0.3 is 6.03 Å². The molecule has 0 bridgehead atoms. The SMILES string of the molecule is C=CCOc1c(Br)cc(Br)cc1/C=C1\C(=O)NC(=O)N(c2cccc([N+](=O)[O-])c2)C1=O. The Labute approximate surface area is 192 Å². The zero-order valence-corrected chi connectivity index (χ0v) is 18.8. The molecule has 0 spiro atoms. The molecule has 31 heavy (non-hydrogen) atoms. The number of ether oxygens (including phenoxy) is 1. The molecule has 0 aliphatic carbocycles. The number of benzene rings is 2. The summed E-state index contributed by atoms with van der Waals surface area (Å²) in [6.45, 7) is 3.76. The summed E-state index contributed by atoms with van der Waals surface area (Å²) < 4.78 is 6.84. The topological polar surface area (TPSA) is 119 Å². The Bertz CT molecular complexity index is 1160. The number of carbonyl (C=O) groups excluding carboxylic acids is 3. The third-order valence-corrected chi connectivity index (χ3v) is 5.13. The molecule has 0 radical (unpaired) electrons. The number of hydrogen-bond acceptors (Lipinski definition) is 6. The molecule has 2 aromatic carbocycles. The summed E-state index contributed by atoms with van der Waals surface area (Å²) >= 11 is 6.71. The average molecular weight is 551 g/mol. The van der Waals surface area contributed by atoms with Crippen LogP contribution in [0.2, 0.25) is 0 Å². The van der Waals surface area contributed by atoms with Crippen LogP contribution in [-0.4, -0.2) is 29.4 Å². The molecule has 1 aliphatic rings. The Morgan fingerprint density at radius 2 is 1.94 bits per heavy atom. The molecule has 4 amide bonds. The van der Waals surface area contributed by atoms with Gasteiger partial charge in [0.15, 0.2) is 0 Å². The van der Waals surface area contributed by atoms with Gasteiger partial charge in [0.1, 0.15) is 17.9 Å². The van der Waals surface area contributed by atoms with Crippen LogP contribution in [0.4, 0.5) is 16.2 Å². The second-order valence-electron chi connectivity index (χ2n) is 6.14. The van der Waals surface area contributed by atoms with E-state index in [1.807, 2.05) is 0 Å². The van der Waals surface area contributed by atoms with Crippen molar-refractivity contribution in [3.8, 4) is 5.75 Å². The molecule has 0 saturated carbocycles. The fourth-order valence-corrected chi connectivity index (χ4v) is 4.15. The van der Waals surface area contributed by atoms with Crippen LogP contribution < -0.4 is 15.0 Å². The lowest BCUT2D eigenvalue weighted by Gasteiger charge is -2.26. The lowest BCUT2D eigenvalue weighted by Crippen LogP contribution is -2.54. The van der Waals surface area contributed by atoms with Crippen LogP contribution in [-0.2, 0) is 9.59 Å². The number of amides is 4. The number of nitro benzene ring substituents is 1. The summed E-state index contributed by atoms with van der Waals surface area (Å²) in [5, 5.41) is 13.1. The maximum absolute atomic E-state index is 13.1. The van der Waals surface area contributed by atoms with Crippen molar-refractivity contribution in [1.29, 1.82) is 0 Å². The van der Waals surface area contributed by atoms with E-state index in [0.717, 1.165) is 6.07 Å². The van der Waals surface area contributed by atoms with Gasteiger partial charge in [-0.05, 0) is 40.2 Å². The van der Waals surface area contributed by atoms with Crippen molar-refractivity contribution in [3.05, 3.63) is 79.2 Å². The summed E-state index contributed by atoms with van der Waals surface area (Å²) in [4.78, 5) is 48.9. The summed E-state index contributed by atoms with van der Waals surface area (Å²) in [5.41, 5.74) is -0.320. The number of anilines is 1. The maximum Gasteiger partial charge on any atom is 0.335 e. The van der Waals surface area contributed by atoms with Crippen LogP contribution >= 0.6 is 31.9 Å². The normalized spacial score (nSPS) is 15.1.